The SMILES string of the molecule is N#Cc1ccc(-c2cccc(-c3nc(-c4ccccc4)nc(-c4ccc5c(c4)oc4cc(-c6ccccc6)cc(-c6ccc(-c7ccccc7)cc6)c45)n3)c2)cc1. The van der Waals surface area contributed by atoms with Crippen LogP contribution in [0.5, 0.6) is 0 Å². The summed E-state index contributed by atoms with van der Waals surface area (Å²) >= 11 is 0. The van der Waals surface area contributed by atoms with E-state index < -0.39 is 0 Å². The second kappa shape index (κ2) is 14.4. The lowest BCUT2D eigenvalue weighted by Gasteiger charge is -2.10. The molecular formula is C52H32N4O. The van der Waals surface area contributed by atoms with Crippen LogP contribution in [0.25, 0.3) is 101 Å². The molecule has 266 valence electrons. The summed E-state index contributed by atoms with van der Waals surface area (Å²) in [6.07, 6.45) is 0. The van der Waals surface area contributed by atoms with Crippen LogP contribution in [0.4, 0.5) is 0 Å². The summed E-state index contributed by atoms with van der Waals surface area (Å²) in [5.74, 6) is 1.69. The van der Waals surface area contributed by atoms with Crippen molar-refractivity contribution in [2.24, 2.45) is 0 Å². The number of nitrogens with zero attached hydrogens (tertiary/aromatic N) is 4. The van der Waals surface area contributed by atoms with E-state index in [9.17, 15) is 5.26 Å². The maximum Gasteiger partial charge on any atom is 0.164 e. The Morgan fingerprint density at radius 1 is 0.351 bits per heavy atom. The molecule has 0 aliphatic carbocycles. The molecule has 57 heavy (non-hydrogen) atoms. The molecule has 0 N–H and O–H groups in total. The van der Waals surface area contributed by atoms with Crippen molar-refractivity contribution in [3.8, 4) is 84.7 Å². The largest absolute Gasteiger partial charge is 0.456 e. The van der Waals surface area contributed by atoms with Crippen LogP contribution in [-0.2, 0) is 0 Å². The smallest absolute Gasteiger partial charge is 0.164 e. The van der Waals surface area contributed by atoms with Crippen molar-refractivity contribution >= 4 is 21.9 Å². The number of hydrogen-bond acceptors (Lipinski definition) is 5. The summed E-state index contributed by atoms with van der Waals surface area (Å²) in [6, 6.07) is 68.2. The average molecular weight is 729 g/mol. The molecule has 0 atom stereocenters. The first-order chi connectivity index (χ1) is 28.2. The summed E-state index contributed by atoms with van der Waals surface area (Å²) < 4.78 is 6.75. The van der Waals surface area contributed by atoms with Gasteiger partial charge in [0.2, 0.25) is 0 Å². The van der Waals surface area contributed by atoms with Crippen molar-refractivity contribution in [2.45, 2.75) is 0 Å². The zero-order valence-corrected chi connectivity index (χ0v) is 30.7. The number of benzene rings is 8. The normalized spacial score (nSPS) is 11.1. The number of fused-ring (bicyclic) bond motifs is 3. The molecule has 0 aliphatic heterocycles. The highest BCUT2D eigenvalue weighted by atomic mass is 16.3. The molecule has 0 aliphatic rings. The van der Waals surface area contributed by atoms with E-state index >= 15 is 0 Å². The van der Waals surface area contributed by atoms with Crippen LogP contribution in [0.15, 0.2) is 199 Å². The fourth-order valence-corrected chi connectivity index (χ4v) is 7.47. The molecule has 0 saturated heterocycles. The summed E-state index contributed by atoms with van der Waals surface area (Å²) in [5, 5.41) is 11.4. The maximum absolute atomic E-state index is 9.30. The predicted molar refractivity (Wildman–Crippen MR) is 230 cm³/mol. The minimum absolute atomic E-state index is 0.548. The van der Waals surface area contributed by atoms with Gasteiger partial charge in [0.25, 0.3) is 0 Å². The summed E-state index contributed by atoms with van der Waals surface area (Å²) in [6.45, 7) is 0. The van der Waals surface area contributed by atoms with E-state index in [0.29, 0.717) is 23.0 Å². The zero-order valence-electron chi connectivity index (χ0n) is 30.7. The molecule has 0 saturated carbocycles. The Morgan fingerprint density at radius 3 is 1.46 bits per heavy atom. The number of aromatic nitrogens is 3. The number of hydrogen-bond donors (Lipinski definition) is 0. The quantitative estimate of drug-likeness (QED) is 0.163. The van der Waals surface area contributed by atoms with Crippen LogP contribution < -0.4 is 0 Å². The van der Waals surface area contributed by atoms with E-state index in [1.165, 1.54) is 11.1 Å². The molecule has 0 fully saturated rings. The van der Waals surface area contributed by atoms with Crippen molar-refractivity contribution in [2.75, 3.05) is 0 Å². The van der Waals surface area contributed by atoms with Crippen LogP contribution in [-0.4, -0.2) is 15.0 Å². The van der Waals surface area contributed by atoms with E-state index in [2.05, 4.69) is 115 Å². The predicted octanol–water partition coefficient (Wildman–Crippen LogP) is 13.3. The minimum atomic E-state index is 0.548. The summed E-state index contributed by atoms with van der Waals surface area (Å²) in [4.78, 5) is 15.1. The van der Waals surface area contributed by atoms with Gasteiger partial charge in [-0.05, 0) is 87.0 Å². The lowest BCUT2D eigenvalue weighted by Crippen LogP contribution is -2.00. The van der Waals surface area contributed by atoms with Crippen LogP contribution in [0, 0.1) is 11.3 Å². The summed E-state index contributed by atoms with van der Waals surface area (Å²) in [5.41, 5.74) is 13.6. The standard InChI is InChI=1S/C52H32N4O/c53-33-34-19-21-38(22-20-34)41-17-10-18-42(29-41)51-54-50(40-15-8-3-9-16-40)55-52(56-51)43-27-28-45-47(31-43)57-48-32-44(36-13-6-2-7-14-36)30-46(49(45)48)39-25-23-37(24-26-39)35-11-4-1-5-12-35/h1-32H. The molecule has 8 aromatic carbocycles. The highest BCUT2D eigenvalue weighted by Gasteiger charge is 2.19. The van der Waals surface area contributed by atoms with E-state index in [-0.39, 0.29) is 0 Å². The van der Waals surface area contributed by atoms with E-state index in [1.54, 1.807) is 0 Å². The van der Waals surface area contributed by atoms with E-state index in [4.69, 9.17) is 19.4 Å². The molecule has 5 nitrogen and oxygen atoms in total. The lowest BCUT2D eigenvalue weighted by molar-refractivity contribution is 0.669. The van der Waals surface area contributed by atoms with Gasteiger partial charge in [0.1, 0.15) is 11.2 Å². The molecule has 2 aromatic heterocycles. The van der Waals surface area contributed by atoms with Gasteiger partial charge in [-0.3, -0.25) is 0 Å². The van der Waals surface area contributed by atoms with Gasteiger partial charge in [0, 0.05) is 27.5 Å². The third-order valence-corrected chi connectivity index (χ3v) is 10.4. The Kier molecular flexibility index (Phi) is 8.48. The fraction of sp³-hybridized carbons (Fsp3) is 0. The Balaban J connectivity index is 1.11. The molecule has 5 heteroatoms. The monoisotopic (exact) mass is 728 g/mol. The topological polar surface area (TPSA) is 75.6 Å². The zero-order chi connectivity index (χ0) is 38.1. The van der Waals surface area contributed by atoms with Crippen molar-refractivity contribution in [3.63, 3.8) is 0 Å². The molecular weight excluding hydrogens is 697 g/mol. The van der Waals surface area contributed by atoms with Crippen LogP contribution in [0.1, 0.15) is 5.56 Å². The third-order valence-electron chi connectivity index (χ3n) is 10.4. The Hall–Kier alpha value is -7.94. The number of furan rings is 1. The number of nitriles is 1. The maximum atomic E-state index is 9.30. The van der Waals surface area contributed by atoms with Gasteiger partial charge in [-0.15, -0.1) is 0 Å². The van der Waals surface area contributed by atoms with Crippen molar-refractivity contribution in [1.29, 1.82) is 5.26 Å². The van der Waals surface area contributed by atoms with Gasteiger partial charge in [-0.1, -0.05) is 152 Å². The van der Waals surface area contributed by atoms with Gasteiger partial charge in [0.05, 0.1) is 11.6 Å². The fourth-order valence-electron chi connectivity index (χ4n) is 7.47. The minimum Gasteiger partial charge on any atom is -0.456 e. The molecule has 0 amide bonds. The Bertz CT molecular complexity index is 3100. The summed E-state index contributed by atoms with van der Waals surface area (Å²) in [7, 11) is 0. The molecule has 10 rings (SSSR count). The van der Waals surface area contributed by atoms with Gasteiger partial charge in [-0.2, -0.15) is 5.26 Å². The van der Waals surface area contributed by atoms with Crippen LogP contribution in [0.3, 0.4) is 0 Å². The Labute approximate surface area is 329 Å². The highest BCUT2D eigenvalue weighted by Crippen LogP contribution is 2.41. The van der Waals surface area contributed by atoms with E-state index in [1.807, 2.05) is 84.9 Å². The first-order valence-corrected chi connectivity index (χ1v) is 18.8. The number of rotatable bonds is 7. The second-order valence-corrected chi connectivity index (χ2v) is 14.0. The molecule has 10 aromatic rings. The van der Waals surface area contributed by atoms with Crippen molar-refractivity contribution < 1.29 is 4.42 Å². The van der Waals surface area contributed by atoms with Gasteiger partial charge in [0.15, 0.2) is 17.5 Å². The van der Waals surface area contributed by atoms with Gasteiger partial charge < -0.3 is 4.42 Å². The Morgan fingerprint density at radius 2 is 0.807 bits per heavy atom. The average Bonchev–Trinajstić information content (AvgIpc) is 3.67. The van der Waals surface area contributed by atoms with Crippen molar-refractivity contribution in [1.82, 2.24) is 15.0 Å². The van der Waals surface area contributed by atoms with Crippen LogP contribution in [0.2, 0.25) is 0 Å². The van der Waals surface area contributed by atoms with Crippen molar-refractivity contribution in [3.05, 3.63) is 200 Å². The van der Waals surface area contributed by atoms with Gasteiger partial charge in [-0.25, -0.2) is 15.0 Å². The lowest BCUT2D eigenvalue weighted by atomic mass is 9.93. The third kappa shape index (κ3) is 6.52. The molecule has 0 spiro atoms. The highest BCUT2D eigenvalue weighted by molar-refractivity contribution is 6.14. The van der Waals surface area contributed by atoms with Crippen LogP contribution >= 0.6 is 0 Å². The molecule has 0 bridgehead atoms. The molecule has 2 heterocycles. The second-order valence-electron chi connectivity index (χ2n) is 14.0. The first-order valence-electron chi connectivity index (χ1n) is 18.8. The first kappa shape index (κ1) is 33.6. The molecule has 0 radical (unpaired) electrons. The molecule has 0 unspecified atom stereocenters. The van der Waals surface area contributed by atoms with Gasteiger partial charge >= 0.3 is 0 Å². The van der Waals surface area contributed by atoms with E-state index in [0.717, 1.165) is 72.0 Å².